The van der Waals surface area contributed by atoms with Crippen LogP contribution in [0.15, 0.2) is 23.5 Å². The van der Waals surface area contributed by atoms with E-state index >= 15 is 0 Å². The molecule has 0 aliphatic rings. The van der Waals surface area contributed by atoms with Crippen molar-refractivity contribution in [3.05, 3.63) is 23.5 Å². The van der Waals surface area contributed by atoms with E-state index in [1.54, 1.807) is 6.08 Å². The molecular weight excluding hydrogens is 112 g/mol. The van der Waals surface area contributed by atoms with E-state index in [1.807, 2.05) is 26.8 Å². The number of aliphatic hydroxyl groups is 1. The highest BCUT2D eigenvalue weighted by Gasteiger charge is 1.90. The van der Waals surface area contributed by atoms with Crippen LogP contribution >= 0.6 is 0 Å². The van der Waals surface area contributed by atoms with E-state index < -0.39 is 0 Å². The van der Waals surface area contributed by atoms with Gasteiger partial charge in [-0.3, -0.25) is 0 Å². The van der Waals surface area contributed by atoms with Gasteiger partial charge in [-0.1, -0.05) is 13.0 Å². The molecule has 0 aromatic heterocycles. The first kappa shape index (κ1) is 8.28. The SMILES string of the molecule is C/C=C(C)\C(O)=C/CC. The summed E-state index contributed by atoms with van der Waals surface area (Å²) in [7, 11) is 0. The van der Waals surface area contributed by atoms with Gasteiger partial charge < -0.3 is 5.11 Å². The van der Waals surface area contributed by atoms with Crippen molar-refractivity contribution in [3.8, 4) is 0 Å². The van der Waals surface area contributed by atoms with Crippen molar-refractivity contribution in [2.45, 2.75) is 27.2 Å². The number of hydrogen-bond donors (Lipinski definition) is 1. The first-order valence-electron chi connectivity index (χ1n) is 3.24. The fraction of sp³-hybridized carbons (Fsp3) is 0.500. The molecule has 0 aliphatic heterocycles. The van der Waals surface area contributed by atoms with Crippen LogP contribution in [0.1, 0.15) is 27.2 Å². The second-order valence-corrected chi connectivity index (χ2v) is 1.97. The van der Waals surface area contributed by atoms with Crippen LogP contribution in [0.4, 0.5) is 0 Å². The molecule has 0 atom stereocenters. The van der Waals surface area contributed by atoms with E-state index in [4.69, 9.17) is 5.11 Å². The Bertz CT molecular complexity index is 132. The summed E-state index contributed by atoms with van der Waals surface area (Å²) in [4.78, 5) is 0. The van der Waals surface area contributed by atoms with Gasteiger partial charge in [-0.2, -0.15) is 0 Å². The standard InChI is InChI=1S/C8H14O/c1-4-6-8(9)7(3)5-2/h5-6,9H,4H2,1-3H3/b7-5-,8-6+. The molecule has 0 radical (unpaired) electrons. The molecule has 0 aliphatic carbocycles. The minimum absolute atomic E-state index is 0.403. The lowest BCUT2D eigenvalue weighted by atomic mass is 10.2. The molecule has 0 heterocycles. The lowest BCUT2D eigenvalue weighted by Crippen LogP contribution is -1.80. The molecule has 0 rings (SSSR count). The number of aliphatic hydroxyl groups excluding tert-OH is 1. The minimum atomic E-state index is 0.403. The second-order valence-electron chi connectivity index (χ2n) is 1.97. The van der Waals surface area contributed by atoms with E-state index in [-0.39, 0.29) is 0 Å². The van der Waals surface area contributed by atoms with Crippen LogP contribution in [0.25, 0.3) is 0 Å². The Morgan fingerprint density at radius 3 is 2.44 bits per heavy atom. The van der Waals surface area contributed by atoms with Crippen LogP contribution in [0.5, 0.6) is 0 Å². The first-order valence-corrected chi connectivity index (χ1v) is 3.24. The maximum atomic E-state index is 9.11. The second kappa shape index (κ2) is 4.19. The highest BCUT2D eigenvalue weighted by molar-refractivity contribution is 5.21. The smallest absolute Gasteiger partial charge is 0.114 e. The average molecular weight is 126 g/mol. The zero-order chi connectivity index (χ0) is 7.28. The molecule has 9 heavy (non-hydrogen) atoms. The quantitative estimate of drug-likeness (QED) is 0.445. The number of rotatable bonds is 2. The molecule has 0 fully saturated rings. The lowest BCUT2D eigenvalue weighted by molar-refractivity contribution is 0.420. The van der Waals surface area contributed by atoms with Crippen molar-refractivity contribution in [2.75, 3.05) is 0 Å². The molecule has 0 amide bonds. The Balaban J connectivity index is 4.03. The molecular formula is C8H14O. The molecule has 0 aromatic rings. The van der Waals surface area contributed by atoms with Gasteiger partial charge in [-0.15, -0.1) is 0 Å². The third-order valence-corrected chi connectivity index (χ3v) is 1.23. The normalized spacial score (nSPS) is 14.1. The van der Waals surface area contributed by atoms with Gasteiger partial charge in [0, 0.05) is 0 Å². The lowest BCUT2D eigenvalue weighted by Gasteiger charge is -1.95. The van der Waals surface area contributed by atoms with Crippen molar-refractivity contribution in [3.63, 3.8) is 0 Å². The number of allylic oxidation sites excluding steroid dienone is 3. The van der Waals surface area contributed by atoms with Gasteiger partial charge in [0.15, 0.2) is 0 Å². The molecule has 1 heteroatoms. The molecule has 0 bridgehead atoms. The van der Waals surface area contributed by atoms with Gasteiger partial charge in [0.05, 0.1) is 0 Å². The van der Waals surface area contributed by atoms with E-state index in [2.05, 4.69) is 0 Å². The van der Waals surface area contributed by atoms with Gasteiger partial charge in [0.25, 0.3) is 0 Å². The Morgan fingerprint density at radius 2 is 2.11 bits per heavy atom. The molecule has 0 spiro atoms. The van der Waals surface area contributed by atoms with Crippen LogP contribution in [0.2, 0.25) is 0 Å². The summed E-state index contributed by atoms with van der Waals surface area (Å²) in [5.74, 6) is 0.403. The highest BCUT2D eigenvalue weighted by Crippen LogP contribution is 2.04. The predicted molar refractivity (Wildman–Crippen MR) is 40.4 cm³/mol. The van der Waals surface area contributed by atoms with E-state index in [1.165, 1.54) is 0 Å². The molecule has 0 saturated heterocycles. The summed E-state index contributed by atoms with van der Waals surface area (Å²) in [5, 5.41) is 9.11. The van der Waals surface area contributed by atoms with Crippen molar-refractivity contribution >= 4 is 0 Å². The van der Waals surface area contributed by atoms with Crippen LogP contribution in [0.3, 0.4) is 0 Å². The van der Waals surface area contributed by atoms with Crippen molar-refractivity contribution in [1.82, 2.24) is 0 Å². The first-order chi connectivity index (χ1) is 4.22. The summed E-state index contributed by atoms with van der Waals surface area (Å²) >= 11 is 0. The third kappa shape index (κ3) is 2.96. The van der Waals surface area contributed by atoms with Crippen molar-refractivity contribution < 1.29 is 5.11 Å². The maximum absolute atomic E-state index is 9.11. The largest absolute Gasteiger partial charge is 0.508 e. The highest BCUT2D eigenvalue weighted by atomic mass is 16.3. The van der Waals surface area contributed by atoms with Crippen LogP contribution in [-0.4, -0.2) is 5.11 Å². The maximum Gasteiger partial charge on any atom is 0.114 e. The molecule has 1 nitrogen and oxygen atoms in total. The monoisotopic (exact) mass is 126 g/mol. The van der Waals surface area contributed by atoms with E-state index in [0.717, 1.165) is 12.0 Å². The Morgan fingerprint density at radius 1 is 1.56 bits per heavy atom. The summed E-state index contributed by atoms with van der Waals surface area (Å²) in [5.41, 5.74) is 0.942. The molecule has 0 saturated carbocycles. The average Bonchev–Trinajstić information content (AvgIpc) is 1.87. The van der Waals surface area contributed by atoms with Gasteiger partial charge in [-0.05, 0) is 31.9 Å². The predicted octanol–water partition coefficient (Wildman–Crippen LogP) is 2.80. The van der Waals surface area contributed by atoms with Crippen LogP contribution < -0.4 is 0 Å². The summed E-state index contributed by atoms with van der Waals surface area (Å²) in [6.45, 7) is 5.80. The molecule has 0 aromatic carbocycles. The number of hydrogen-bond acceptors (Lipinski definition) is 1. The zero-order valence-electron chi connectivity index (χ0n) is 6.31. The minimum Gasteiger partial charge on any atom is -0.508 e. The molecule has 52 valence electrons. The van der Waals surface area contributed by atoms with Gasteiger partial charge in [0.1, 0.15) is 5.76 Å². The Kier molecular flexibility index (Phi) is 3.85. The van der Waals surface area contributed by atoms with E-state index in [0.29, 0.717) is 5.76 Å². The van der Waals surface area contributed by atoms with Crippen molar-refractivity contribution in [1.29, 1.82) is 0 Å². The van der Waals surface area contributed by atoms with Crippen LogP contribution in [0, 0.1) is 0 Å². The van der Waals surface area contributed by atoms with Crippen molar-refractivity contribution in [2.24, 2.45) is 0 Å². The fourth-order valence-corrected chi connectivity index (χ4v) is 0.502. The van der Waals surface area contributed by atoms with Gasteiger partial charge in [0.2, 0.25) is 0 Å². The molecule has 1 N–H and O–H groups in total. The van der Waals surface area contributed by atoms with Gasteiger partial charge >= 0.3 is 0 Å². The zero-order valence-corrected chi connectivity index (χ0v) is 6.31. The topological polar surface area (TPSA) is 20.2 Å². The summed E-state index contributed by atoms with van der Waals surface area (Å²) < 4.78 is 0. The Labute approximate surface area is 56.7 Å². The van der Waals surface area contributed by atoms with Crippen LogP contribution in [-0.2, 0) is 0 Å². The van der Waals surface area contributed by atoms with Gasteiger partial charge in [-0.25, -0.2) is 0 Å². The fourth-order valence-electron chi connectivity index (χ4n) is 0.502. The third-order valence-electron chi connectivity index (χ3n) is 1.23. The van der Waals surface area contributed by atoms with E-state index in [9.17, 15) is 0 Å². The summed E-state index contributed by atoms with van der Waals surface area (Å²) in [6, 6.07) is 0. The molecule has 0 unspecified atom stereocenters. The Hall–Kier alpha value is -0.720. The summed E-state index contributed by atoms with van der Waals surface area (Å²) in [6.07, 6.45) is 4.58.